The molecule has 20 heavy (non-hydrogen) atoms. The quantitative estimate of drug-likeness (QED) is 0.806. The maximum atomic E-state index is 12.1. The van der Waals surface area contributed by atoms with Crippen LogP contribution in [0.15, 0.2) is 30.6 Å². The first-order valence-electron chi connectivity index (χ1n) is 6.37. The number of rotatable bonds is 5. The molecule has 1 heterocycles. The van der Waals surface area contributed by atoms with Crippen molar-refractivity contribution in [1.29, 1.82) is 0 Å². The topological polar surface area (TPSA) is 82.2 Å². The Balaban J connectivity index is 2.04. The molecule has 0 aliphatic rings. The van der Waals surface area contributed by atoms with Crippen molar-refractivity contribution in [1.82, 2.24) is 15.1 Å². The van der Waals surface area contributed by atoms with Crippen molar-refractivity contribution in [2.75, 3.05) is 12.3 Å². The zero-order chi connectivity index (χ0) is 14.5. The van der Waals surface area contributed by atoms with E-state index < -0.39 is 0 Å². The lowest BCUT2D eigenvalue weighted by Crippen LogP contribution is -2.22. The van der Waals surface area contributed by atoms with E-state index in [1.54, 1.807) is 29.1 Å². The number of amides is 1. The van der Waals surface area contributed by atoms with Gasteiger partial charge < -0.3 is 15.8 Å². The summed E-state index contributed by atoms with van der Waals surface area (Å²) >= 11 is 0. The summed E-state index contributed by atoms with van der Waals surface area (Å²) in [7, 11) is 1.83. The molecule has 0 fully saturated rings. The summed E-state index contributed by atoms with van der Waals surface area (Å²) in [5, 5.41) is 6.87. The van der Waals surface area contributed by atoms with Gasteiger partial charge in [0, 0.05) is 42.7 Å². The lowest BCUT2D eigenvalue weighted by atomic mass is 10.1. The molecule has 0 aliphatic heterocycles. The molecule has 1 aromatic carbocycles. The summed E-state index contributed by atoms with van der Waals surface area (Å²) in [6.45, 7) is 2.83. The fourth-order valence-corrected chi connectivity index (χ4v) is 1.85. The summed E-state index contributed by atoms with van der Waals surface area (Å²) in [4.78, 5) is 12.1. The number of nitrogen functional groups attached to an aromatic ring is 1. The number of hydrogen-bond acceptors (Lipinski definition) is 4. The lowest BCUT2D eigenvalue weighted by Gasteiger charge is -2.08. The van der Waals surface area contributed by atoms with Crippen LogP contribution in [0.2, 0.25) is 0 Å². The van der Waals surface area contributed by atoms with E-state index in [1.165, 1.54) is 0 Å². The van der Waals surface area contributed by atoms with Crippen molar-refractivity contribution in [3.63, 3.8) is 0 Å². The fourth-order valence-electron chi connectivity index (χ4n) is 1.85. The number of anilines is 1. The van der Waals surface area contributed by atoms with Gasteiger partial charge in [-0.2, -0.15) is 5.10 Å². The molecule has 106 valence electrons. The third-order valence-corrected chi connectivity index (χ3v) is 2.71. The lowest BCUT2D eigenvalue weighted by molar-refractivity contribution is 0.0950. The predicted octanol–water partition coefficient (Wildman–Crippen LogP) is 1.33. The van der Waals surface area contributed by atoms with Crippen LogP contribution in [0.25, 0.3) is 0 Å². The number of aromatic nitrogens is 2. The molecule has 6 nitrogen and oxygen atoms in total. The van der Waals surface area contributed by atoms with Crippen LogP contribution in [-0.2, 0) is 13.6 Å². The highest BCUT2D eigenvalue weighted by atomic mass is 16.5. The van der Waals surface area contributed by atoms with Crippen molar-refractivity contribution in [2.45, 2.75) is 13.5 Å². The van der Waals surface area contributed by atoms with E-state index in [4.69, 9.17) is 10.5 Å². The summed E-state index contributed by atoms with van der Waals surface area (Å²) < 4.78 is 7.06. The average Bonchev–Trinajstić information content (AvgIpc) is 2.81. The molecule has 1 aromatic heterocycles. The van der Waals surface area contributed by atoms with Crippen LogP contribution in [0.5, 0.6) is 5.75 Å². The van der Waals surface area contributed by atoms with Crippen LogP contribution in [0.3, 0.4) is 0 Å². The molecule has 0 unspecified atom stereocenters. The minimum absolute atomic E-state index is 0.192. The highest BCUT2D eigenvalue weighted by molar-refractivity contribution is 5.95. The second-order valence-corrected chi connectivity index (χ2v) is 4.43. The maximum absolute atomic E-state index is 12.1. The van der Waals surface area contributed by atoms with E-state index in [2.05, 4.69) is 10.4 Å². The number of carbonyl (C=O) groups is 1. The minimum atomic E-state index is -0.192. The maximum Gasteiger partial charge on any atom is 0.251 e. The Labute approximate surface area is 117 Å². The van der Waals surface area contributed by atoms with Gasteiger partial charge in [-0.15, -0.1) is 0 Å². The number of hydrogen-bond donors (Lipinski definition) is 2. The third-order valence-electron chi connectivity index (χ3n) is 2.71. The smallest absolute Gasteiger partial charge is 0.251 e. The van der Waals surface area contributed by atoms with Crippen molar-refractivity contribution in [3.05, 3.63) is 41.7 Å². The number of carbonyl (C=O) groups excluding carboxylic acids is 1. The van der Waals surface area contributed by atoms with Gasteiger partial charge in [0.1, 0.15) is 5.75 Å². The van der Waals surface area contributed by atoms with Gasteiger partial charge in [-0.1, -0.05) is 0 Å². The summed E-state index contributed by atoms with van der Waals surface area (Å²) in [5.74, 6) is 0.404. The van der Waals surface area contributed by atoms with E-state index >= 15 is 0 Å². The first kappa shape index (κ1) is 13.9. The Morgan fingerprint density at radius 1 is 1.45 bits per heavy atom. The van der Waals surface area contributed by atoms with E-state index in [1.807, 2.05) is 20.2 Å². The molecule has 2 rings (SSSR count). The summed E-state index contributed by atoms with van der Waals surface area (Å²) in [6, 6.07) is 5.00. The molecular formula is C14H18N4O2. The minimum Gasteiger partial charge on any atom is -0.494 e. The SMILES string of the molecule is CCOc1cc(N)cc(C(=O)NCc2cnn(C)c2)c1. The number of nitrogens with zero attached hydrogens (tertiary/aromatic N) is 2. The zero-order valence-corrected chi connectivity index (χ0v) is 11.6. The monoisotopic (exact) mass is 274 g/mol. The number of nitrogens with two attached hydrogens (primary N) is 1. The van der Waals surface area contributed by atoms with Crippen molar-refractivity contribution in [2.24, 2.45) is 7.05 Å². The molecule has 6 heteroatoms. The second-order valence-electron chi connectivity index (χ2n) is 4.43. The first-order chi connectivity index (χ1) is 9.58. The normalized spacial score (nSPS) is 10.3. The third kappa shape index (κ3) is 3.50. The molecule has 0 spiro atoms. The molecule has 0 bridgehead atoms. The molecule has 0 saturated carbocycles. The van der Waals surface area contributed by atoms with Gasteiger partial charge in [-0.05, 0) is 19.1 Å². The van der Waals surface area contributed by atoms with Crippen molar-refractivity contribution >= 4 is 11.6 Å². The summed E-state index contributed by atoms with van der Waals surface area (Å²) in [5.41, 5.74) is 7.69. The van der Waals surface area contributed by atoms with E-state index in [9.17, 15) is 4.79 Å². The van der Waals surface area contributed by atoms with Crippen molar-refractivity contribution in [3.8, 4) is 5.75 Å². The van der Waals surface area contributed by atoms with Crippen LogP contribution < -0.4 is 15.8 Å². The Kier molecular flexibility index (Phi) is 4.24. The molecular weight excluding hydrogens is 256 g/mol. The van der Waals surface area contributed by atoms with E-state index in [0.29, 0.717) is 30.2 Å². The number of nitrogens with one attached hydrogen (secondary N) is 1. The number of benzene rings is 1. The molecule has 0 saturated heterocycles. The van der Waals surface area contributed by atoms with Gasteiger partial charge in [0.05, 0.1) is 12.8 Å². The van der Waals surface area contributed by atoms with E-state index in [0.717, 1.165) is 5.56 Å². The van der Waals surface area contributed by atoms with Gasteiger partial charge in [0.2, 0.25) is 0 Å². The van der Waals surface area contributed by atoms with Gasteiger partial charge in [0.15, 0.2) is 0 Å². The molecule has 0 aliphatic carbocycles. The van der Waals surface area contributed by atoms with Crippen LogP contribution in [0.1, 0.15) is 22.8 Å². The summed E-state index contributed by atoms with van der Waals surface area (Å²) in [6.07, 6.45) is 3.57. The van der Waals surface area contributed by atoms with Gasteiger partial charge in [-0.3, -0.25) is 9.48 Å². The Morgan fingerprint density at radius 2 is 2.25 bits per heavy atom. The Hall–Kier alpha value is -2.50. The van der Waals surface area contributed by atoms with Gasteiger partial charge >= 0.3 is 0 Å². The Bertz CT molecular complexity index is 607. The largest absolute Gasteiger partial charge is 0.494 e. The fraction of sp³-hybridized carbons (Fsp3) is 0.286. The van der Waals surface area contributed by atoms with Gasteiger partial charge in [-0.25, -0.2) is 0 Å². The number of aryl methyl sites for hydroxylation is 1. The average molecular weight is 274 g/mol. The molecule has 3 N–H and O–H groups in total. The Morgan fingerprint density at radius 3 is 2.90 bits per heavy atom. The second kappa shape index (κ2) is 6.10. The van der Waals surface area contributed by atoms with E-state index in [-0.39, 0.29) is 5.91 Å². The molecule has 2 aromatic rings. The predicted molar refractivity (Wildman–Crippen MR) is 76.4 cm³/mol. The molecule has 1 amide bonds. The van der Waals surface area contributed by atoms with Crippen LogP contribution in [-0.4, -0.2) is 22.3 Å². The standard InChI is InChI=1S/C14H18N4O2/c1-3-20-13-5-11(4-12(15)6-13)14(19)16-7-10-8-17-18(2)9-10/h4-6,8-9H,3,7,15H2,1-2H3,(H,16,19). The van der Waals surface area contributed by atoms with Gasteiger partial charge in [0.25, 0.3) is 5.91 Å². The van der Waals surface area contributed by atoms with Crippen LogP contribution >= 0.6 is 0 Å². The number of ether oxygens (including phenoxy) is 1. The first-order valence-corrected chi connectivity index (χ1v) is 6.37. The highest BCUT2D eigenvalue weighted by Gasteiger charge is 2.09. The zero-order valence-electron chi connectivity index (χ0n) is 11.6. The molecule has 0 atom stereocenters. The van der Waals surface area contributed by atoms with Crippen molar-refractivity contribution < 1.29 is 9.53 Å². The molecule has 0 radical (unpaired) electrons. The highest BCUT2D eigenvalue weighted by Crippen LogP contribution is 2.19. The van der Waals surface area contributed by atoms with Crippen LogP contribution in [0, 0.1) is 0 Å². The van der Waals surface area contributed by atoms with Crippen LogP contribution in [0.4, 0.5) is 5.69 Å².